The predicted octanol–water partition coefficient (Wildman–Crippen LogP) is 3.24. The standard InChI is InChI=1S/C37H44FN5O9S/c1-21-16-28(41-15-14-40(3)23(18-41)20-49-4)22(2)31-29(21)24-8-13-42(19-27(24)36(46)50-31)35(45)25-17-26(34(44)39-53(47,48)43-11-5-6-12-43)32-33(30(25)38)52-37(51-32)9-7-10-37/h16-17,23H,5-15,18-20H2,1-4H3,(H,39,44)/t23-/m1/s1. The lowest BCUT2D eigenvalue weighted by Crippen LogP contribution is -2.53. The molecule has 0 unspecified atom stereocenters. The average molecular weight is 754 g/mol. The third kappa shape index (κ3) is 6.03. The number of anilines is 1. The fourth-order valence-electron chi connectivity index (χ4n) is 8.32. The lowest BCUT2D eigenvalue weighted by molar-refractivity contribution is -0.139. The molecule has 1 saturated carbocycles. The van der Waals surface area contributed by atoms with Gasteiger partial charge in [-0.3, -0.25) is 14.5 Å². The minimum Gasteiger partial charge on any atom is -0.447 e. The molecule has 3 fully saturated rings. The van der Waals surface area contributed by atoms with E-state index < -0.39 is 50.6 Å². The minimum absolute atomic E-state index is 0.146. The number of hydrogen-bond acceptors (Lipinski definition) is 11. The molecule has 8 rings (SSSR count). The number of carbonyl (C=O) groups excluding carboxylic acids is 2. The van der Waals surface area contributed by atoms with Crippen LogP contribution in [0, 0.1) is 19.7 Å². The van der Waals surface area contributed by atoms with Gasteiger partial charge in [0.25, 0.3) is 17.6 Å². The van der Waals surface area contributed by atoms with Gasteiger partial charge in [-0.1, -0.05) is 0 Å². The molecule has 14 nitrogen and oxygen atoms in total. The van der Waals surface area contributed by atoms with Crippen LogP contribution in [-0.4, -0.2) is 106 Å². The Morgan fingerprint density at radius 2 is 1.74 bits per heavy atom. The second-order valence-electron chi connectivity index (χ2n) is 14.9. The Bertz CT molecular complexity index is 2200. The van der Waals surface area contributed by atoms with Crippen molar-refractivity contribution < 1.29 is 41.0 Å². The third-order valence-corrected chi connectivity index (χ3v) is 13.0. The van der Waals surface area contributed by atoms with Crippen LogP contribution in [0.3, 0.4) is 0 Å². The average Bonchev–Trinajstić information content (AvgIpc) is 3.81. The van der Waals surface area contributed by atoms with Crippen molar-refractivity contribution in [2.45, 2.75) is 70.7 Å². The number of hydrogen-bond donors (Lipinski definition) is 1. The first-order valence-electron chi connectivity index (χ1n) is 18.2. The van der Waals surface area contributed by atoms with E-state index in [0.717, 1.165) is 59.9 Å². The number of nitrogens with one attached hydrogen (secondary N) is 1. The number of carbonyl (C=O) groups is 2. The first-order chi connectivity index (χ1) is 25.3. The SMILES string of the molecule is COC[C@H]1CN(c2cc(C)c3c4c(c(=O)oc3c2C)CN(C(=O)c2cc(C(=O)NS(=O)(=O)N3CCCC3)c3c(c2F)OC2(CCC2)O3)CC4)CCN1C. The molecule has 0 radical (unpaired) electrons. The predicted molar refractivity (Wildman–Crippen MR) is 192 cm³/mol. The van der Waals surface area contributed by atoms with Gasteiger partial charge in [-0.15, -0.1) is 0 Å². The molecule has 2 aromatic carbocycles. The zero-order valence-electron chi connectivity index (χ0n) is 30.4. The summed E-state index contributed by atoms with van der Waals surface area (Å²) in [6.07, 6.45) is 3.27. The van der Waals surface area contributed by atoms with E-state index in [-0.39, 0.29) is 43.5 Å². The fraction of sp³-hybridized carbons (Fsp3) is 0.541. The molecular weight excluding hydrogens is 709 g/mol. The number of halogens is 1. The van der Waals surface area contributed by atoms with Gasteiger partial charge in [0, 0.05) is 75.9 Å². The largest absolute Gasteiger partial charge is 0.447 e. The molecule has 1 N–H and O–H groups in total. The van der Waals surface area contributed by atoms with Crippen LogP contribution in [-0.2, 0) is 27.9 Å². The van der Waals surface area contributed by atoms with E-state index in [1.807, 2.05) is 13.8 Å². The van der Waals surface area contributed by atoms with Crippen molar-refractivity contribution in [1.29, 1.82) is 0 Å². The fourth-order valence-corrected chi connectivity index (χ4v) is 9.54. The molecule has 2 saturated heterocycles. The van der Waals surface area contributed by atoms with Crippen LogP contribution >= 0.6 is 0 Å². The molecule has 5 heterocycles. The maximum Gasteiger partial charge on any atom is 0.341 e. The van der Waals surface area contributed by atoms with E-state index in [1.165, 1.54) is 9.21 Å². The van der Waals surface area contributed by atoms with Crippen molar-refractivity contribution in [3.05, 3.63) is 61.8 Å². The molecule has 1 aliphatic carbocycles. The maximum atomic E-state index is 16.3. The van der Waals surface area contributed by atoms with Crippen molar-refractivity contribution in [2.24, 2.45) is 0 Å². The zero-order chi connectivity index (χ0) is 37.4. The summed E-state index contributed by atoms with van der Waals surface area (Å²) in [5.74, 6) is -4.68. The highest BCUT2D eigenvalue weighted by atomic mass is 32.2. The van der Waals surface area contributed by atoms with Gasteiger partial charge in [-0.2, -0.15) is 12.7 Å². The Kier molecular flexibility index (Phi) is 8.94. The lowest BCUT2D eigenvalue weighted by Gasteiger charge is -2.41. The number of rotatable bonds is 7. The van der Waals surface area contributed by atoms with Crippen LogP contribution in [0.15, 0.2) is 21.3 Å². The van der Waals surface area contributed by atoms with Crippen LogP contribution in [0.4, 0.5) is 10.1 Å². The van der Waals surface area contributed by atoms with Crippen LogP contribution < -0.4 is 24.7 Å². The number of piperazine rings is 1. The molecule has 1 spiro atoms. The highest BCUT2D eigenvalue weighted by Gasteiger charge is 2.51. The van der Waals surface area contributed by atoms with Crippen molar-refractivity contribution in [1.82, 2.24) is 18.8 Å². The van der Waals surface area contributed by atoms with Crippen molar-refractivity contribution in [3.63, 3.8) is 0 Å². The number of ether oxygens (including phenoxy) is 3. The normalized spacial score (nSPS) is 21.3. The van der Waals surface area contributed by atoms with Gasteiger partial charge in [0.15, 0.2) is 11.6 Å². The van der Waals surface area contributed by atoms with Gasteiger partial charge < -0.3 is 28.4 Å². The molecule has 16 heteroatoms. The summed E-state index contributed by atoms with van der Waals surface area (Å²) < 4.78 is 68.8. The number of nitrogens with zero attached hydrogens (tertiary/aromatic N) is 4. The Balaban J connectivity index is 1.11. The molecular formula is C37H44FN5O9S. The summed E-state index contributed by atoms with van der Waals surface area (Å²) in [5, 5.41) is 0.828. The Morgan fingerprint density at radius 3 is 2.43 bits per heavy atom. The second kappa shape index (κ2) is 13.2. The van der Waals surface area contributed by atoms with Gasteiger partial charge in [-0.05, 0) is 69.8 Å². The highest BCUT2D eigenvalue weighted by Crippen LogP contribution is 2.52. The summed E-state index contributed by atoms with van der Waals surface area (Å²) >= 11 is 0. The molecule has 284 valence electrons. The van der Waals surface area contributed by atoms with E-state index in [0.29, 0.717) is 49.9 Å². The number of fused-ring (bicyclic) bond motifs is 4. The number of aryl methyl sites for hydroxylation is 2. The first-order valence-corrected chi connectivity index (χ1v) is 19.6. The van der Waals surface area contributed by atoms with Gasteiger partial charge >= 0.3 is 15.8 Å². The molecule has 3 aromatic rings. The van der Waals surface area contributed by atoms with Crippen molar-refractivity contribution >= 4 is 38.7 Å². The van der Waals surface area contributed by atoms with Crippen LogP contribution in [0.5, 0.6) is 11.5 Å². The molecule has 1 aromatic heterocycles. The molecule has 0 bridgehead atoms. The number of likely N-dealkylation sites (N-methyl/N-ethyl adjacent to an activating group) is 1. The Hall–Kier alpha value is -4.25. The van der Waals surface area contributed by atoms with E-state index in [2.05, 4.69) is 27.6 Å². The Morgan fingerprint density at radius 1 is 1.00 bits per heavy atom. The third-order valence-electron chi connectivity index (χ3n) is 11.5. The van der Waals surface area contributed by atoms with Gasteiger partial charge in [0.2, 0.25) is 5.75 Å². The summed E-state index contributed by atoms with van der Waals surface area (Å²) in [6.45, 7) is 7.51. The van der Waals surface area contributed by atoms with Gasteiger partial charge in [0.05, 0.1) is 35.9 Å². The summed E-state index contributed by atoms with van der Waals surface area (Å²) in [6, 6.07) is 3.36. The molecule has 2 amide bonds. The first kappa shape index (κ1) is 35.8. The van der Waals surface area contributed by atoms with Crippen LogP contribution in [0.2, 0.25) is 0 Å². The topological polar surface area (TPSA) is 151 Å². The monoisotopic (exact) mass is 753 g/mol. The highest BCUT2D eigenvalue weighted by molar-refractivity contribution is 7.87. The van der Waals surface area contributed by atoms with E-state index in [1.54, 1.807) is 7.11 Å². The number of benzene rings is 2. The van der Waals surface area contributed by atoms with Gasteiger partial charge in [-0.25, -0.2) is 13.9 Å². The summed E-state index contributed by atoms with van der Waals surface area (Å²) in [4.78, 5) is 47.3. The summed E-state index contributed by atoms with van der Waals surface area (Å²) in [5.41, 5.74) is 3.00. The smallest absolute Gasteiger partial charge is 0.341 e. The summed E-state index contributed by atoms with van der Waals surface area (Å²) in [7, 11) is -0.412. The molecule has 4 aliphatic heterocycles. The quantitative estimate of drug-likeness (QED) is 0.355. The molecule has 53 heavy (non-hydrogen) atoms. The zero-order valence-corrected chi connectivity index (χ0v) is 31.2. The van der Waals surface area contributed by atoms with Crippen LogP contribution in [0.1, 0.15) is 75.1 Å². The Labute approximate surface area is 306 Å². The lowest BCUT2D eigenvalue weighted by atomic mass is 9.91. The van der Waals surface area contributed by atoms with Crippen LogP contribution in [0.25, 0.3) is 11.0 Å². The van der Waals surface area contributed by atoms with E-state index in [9.17, 15) is 22.8 Å². The number of amides is 2. The number of methoxy groups -OCH3 is 1. The molecule has 1 atom stereocenters. The maximum absolute atomic E-state index is 16.3. The minimum atomic E-state index is -4.19. The molecule has 5 aliphatic rings. The van der Waals surface area contributed by atoms with E-state index in [4.69, 9.17) is 18.6 Å². The van der Waals surface area contributed by atoms with Crippen molar-refractivity contribution in [2.75, 3.05) is 64.9 Å². The second-order valence-corrected chi connectivity index (χ2v) is 16.5. The van der Waals surface area contributed by atoms with Crippen molar-refractivity contribution in [3.8, 4) is 11.5 Å². The van der Waals surface area contributed by atoms with Gasteiger partial charge in [0.1, 0.15) is 5.58 Å². The van der Waals surface area contributed by atoms with E-state index >= 15 is 4.39 Å².